The number of rotatable bonds is 3. The first-order chi connectivity index (χ1) is 7.81. The molecule has 1 aromatic carbocycles. The van der Waals surface area contributed by atoms with Crippen LogP contribution in [0.4, 0.5) is 0 Å². The summed E-state index contributed by atoms with van der Waals surface area (Å²) < 4.78 is 0. The molecule has 0 unspecified atom stereocenters. The van der Waals surface area contributed by atoms with Gasteiger partial charge in [0.2, 0.25) is 0 Å². The SMILES string of the molecule is CCCc1ccccc1C1CCN(C)CC1. The van der Waals surface area contributed by atoms with Crippen LogP contribution in [0.25, 0.3) is 0 Å². The smallest absolute Gasteiger partial charge is 0.00159 e. The number of piperidine rings is 1. The second-order valence-corrected chi connectivity index (χ2v) is 5.03. The number of benzene rings is 1. The Labute approximate surface area is 99.5 Å². The Morgan fingerprint density at radius 2 is 1.88 bits per heavy atom. The van der Waals surface area contributed by atoms with Gasteiger partial charge in [0, 0.05) is 0 Å². The van der Waals surface area contributed by atoms with E-state index in [9.17, 15) is 0 Å². The highest BCUT2D eigenvalue weighted by atomic mass is 15.1. The average Bonchev–Trinajstić information content (AvgIpc) is 2.32. The summed E-state index contributed by atoms with van der Waals surface area (Å²) in [4.78, 5) is 2.44. The number of nitrogens with zero attached hydrogens (tertiary/aromatic N) is 1. The number of likely N-dealkylation sites (tertiary alicyclic amines) is 1. The van der Waals surface area contributed by atoms with Gasteiger partial charge in [0.05, 0.1) is 0 Å². The molecule has 0 amide bonds. The minimum Gasteiger partial charge on any atom is -0.306 e. The predicted molar refractivity (Wildman–Crippen MR) is 69.9 cm³/mol. The molecule has 0 bridgehead atoms. The summed E-state index contributed by atoms with van der Waals surface area (Å²) in [7, 11) is 2.23. The molecule has 0 aliphatic carbocycles. The summed E-state index contributed by atoms with van der Waals surface area (Å²) in [6.07, 6.45) is 5.15. The fourth-order valence-electron chi connectivity index (χ4n) is 2.75. The molecule has 1 heterocycles. The van der Waals surface area contributed by atoms with Crippen LogP contribution < -0.4 is 0 Å². The highest BCUT2D eigenvalue weighted by molar-refractivity contribution is 5.31. The number of hydrogen-bond donors (Lipinski definition) is 0. The maximum Gasteiger partial charge on any atom is -0.00159 e. The van der Waals surface area contributed by atoms with E-state index in [1.54, 1.807) is 11.1 Å². The van der Waals surface area contributed by atoms with Crippen LogP contribution in [-0.2, 0) is 6.42 Å². The van der Waals surface area contributed by atoms with Crippen molar-refractivity contribution >= 4 is 0 Å². The summed E-state index contributed by atoms with van der Waals surface area (Å²) >= 11 is 0. The lowest BCUT2D eigenvalue weighted by Gasteiger charge is -2.30. The van der Waals surface area contributed by atoms with Crippen molar-refractivity contribution in [3.63, 3.8) is 0 Å². The fourth-order valence-corrected chi connectivity index (χ4v) is 2.75. The fraction of sp³-hybridized carbons (Fsp3) is 0.600. The van der Waals surface area contributed by atoms with Crippen molar-refractivity contribution in [3.05, 3.63) is 35.4 Å². The summed E-state index contributed by atoms with van der Waals surface area (Å²) in [5.41, 5.74) is 3.21. The van der Waals surface area contributed by atoms with Crippen molar-refractivity contribution in [3.8, 4) is 0 Å². The van der Waals surface area contributed by atoms with Gasteiger partial charge >= 0.3 is 0 Å². The number of aryl methyl sites for hydroxylation is 1. The van der Waals surface area contributed by atoms with E-state index < -0.39 is 0 Å². The zero-order valence-corrected chi connectivity index (χ0v) is 10.6. The zero-order valence-electron chi connectivity index (χ0n) is 10.6. The summed E-state index contributed by atoms with van der Waals surface area (Å²) in [5, 5.41) is 0. The summed E-state index contributed by atoms with van der Waals surface area (Å²) in [6, 6.07) is 9.05. The van der Waals surface area contributed by atoms with Crippen molar-refractivity contribution in [1.29, 1.82) is 0 Å². The second kappa shape index (κ2) is 5.49. The molecular weight excluding hydrogens is 194 g/mol. The van der Waals surface area contributed by atoms with Gasteiger partial charge < -0.3 is 4.90 Å². The third kappa shape index (κ3) is 2.65. The minimum atomic E-state index is 0.805. The van der Waals surface area contributed by atoms with Gasteiger partial charge in [0.25, 0.3) is 0 Å². The zero-order chi connectivity index (χ0) is 11.4. The first kappa shape index (κ1) is 11.7. The minimum absolute atomic E-state index is 0.805. The molecule has 1 heteroatoms. The molecule has 0 radical (unpaired) electrons. The van der Waals surface area contributed by atoms with Gasteiger partial charge in [-0.3, -0.25) is 0 Å². The van der Waals surface area contributed by atoms with Gasteiger partial charge in [-0.2, -0.15) is 0 Å². The van der Waals surface area contributed by atoms with Crippen LogP contribution in [0.3, 0.4) is 0 Å². The van der Waals surface area contributed by atoms with Crippen LogP contribution in [-0.4, -0.2) is 25.0 Å². The first-order valence-electron chi connectivity index (χ1n) is 6.57. The molecule has 0 atom stereocenters. The van der Waals surface area contributed by atoms with Gasteiger partial charge in [0.15, 0.2) is 0 Å². The van der Waals surface area contributed by atoms with Crippen molar-refractivity contribution in [1.82, 2.24) is 4.90 Å². The Hall–Kier alpha value is -0.820. The molecule has 0 saturated carbocycles. The highest BCUT2D eigenvalue weighted by Crippen LogP contribution is 2.30. The Kier molecular flexibility index (Phi) is 4.00. The lowest BCUT2D eigenvalue weighted by Crippen LogP contribution is -2.29. The van der Waals surface area contributed by atoms with Crippen LogP contribution in [0.5, 0.6) is 0 Å². The molecule has 1 aliphatic rings. The monoisotopic (exact) mass is 217 g/mol. The first-order valence-corrected chi connectivity index (χ1v) is 6.57. The molecule has 1 nitrogen and oxygen atoms in total. The van der Waals surface area contributed by atoms with E-state index in [2.05, 4.69) is 43.1 Å². The summed E-state index contributed by atoms with van der Waals surface area (Å²) in [6.45, 7) is 4.78. The van der Waals surface area contributed by atoms with Gasteiger partial charge in [-0.25, -0.2) is 0 Å². The van der Waals surface area contributed by atoms with E-state index in [0.29, 0.717) is 0 Å². The van der Waals surface area contributed by atoms with E-state index in [-0.39, 0.29) is 0 Å². The lowest BCUT2D eigenvalue weighted by molar-refractivity contribution is 0.255. The van der Waals surface area contributed by atoms with Gasteiger partial charge in [0.1, 0.15) is 0 Å². The highest BCUT2D eigenvalue weighted by Gasteiger charge is 2.19. The Balaban J connectivity index is 2.13. The Bertz CT molecular complexity index is 324. The third-order valence-electron chi connectivity index (χ3n) is 3.73. The van der Waals surface area contributed by atoms with E-state index >= 15 is 0 Å². The molecule has 0 spiro atoms. The number of hydrogen-bond acceptors (Lipinski definition) is 1. The average molecular weight is 217 g/mol. The Morgan fingerprint density at radius 1 is 1.19 bits per heavy atom. The van der Waals surface area contributed by atoms with E-state index in [1.807, 2.05) is 0 Å². The van der Waals surface area contributed by atoms with Crippen molar-refractivity contribution in [2.75, 3.05) is 20.1 Å². The van der Waals surface area contributed by atoms with Crippen LogP contribution in [0.2, 0.25) is 0 Å². The maximum atomic E-state index is 2.44. The molecule has 1 aliphatic heterocycles. The standard InChI is InChI=1S/C15H23N/c1-3-6-13-7-4-5-8-15(13)14-9-11-16(2)12-10-14/h4-5,7-8,14H,3,6,9-12H2,1-2H3. The Morgan fingerprint density at radius 3 is 2.56 bits per heavy atom. The van der Waals surface area contributed by atoms with Gasteiger partial charge in [-0.1, -0.05) is 37.6 Å². The quantitative estimate of drug-likeness (QED) is 0.749. The van der Waals surface area contributed by atoms with Gasteiger partial charge in [-0.05, 0) is 56.4 Å². The van der Waals surface area contributed by atoms with Crippen LogP contribution in [0.1, 0.15) is 43.2 Å². The van der Waals surface area contributed by atoms with Crippen molar-refractivity contribution in [2.45, 2.75) is 38.5 Å². The predicted octanol–water partition coefficient (Wildman–Crippen LogP) is 3.45. The normalized spacial score (nSPS) is 18.9. The largest absolute Gasteiger partial charge is 0.306 e. The molecule has 1 saturated heterocycles. The molecule has 0 aromatic heterocycles. The van der Waals surface area contributed by atoms with Crippen LogP contribution >= 0.6 is 0 Å². The van der Waals surface area contributed by atoms with Crippen LogP contribution in [0, 0.1) is 0 Å². The molecular formula is C15H23N. The topological polar surface area (TPSA) is 3.24 Å². The molecule has 2 rings (SSSR count). The third-order valence-corrected chi connectivity index (χ3v) is 3.73. The van der Waals surface area contributed by atoms with Crippen molar-refractivity contribution in [2.24, 2.45) is 0 Å². The lowest BCUT2D eigenvalue weighted by atomic mass is 9.85. The van der Waals surface area contributed by atoms with Gasteiger partial charge in [-0.15, -0.1) is 0 Å². The van der Waals surface area contributed by atoms with Crippen LogP contribution in [0.15, 0.2) is 24.3 Å². The molecule has 0 N–H and O–H groups in total. The molecule has 88 valence electrons. The van der Waals surface area contributed by atoms with E-state index in [4.69, 9.17) is 0 Å². The van der Waals surface area contributed by atoms with E-state index in [0.717, 1.165) is 5.92 Å². The van der Waals surface area contributed by atoms with E-state index in [1.165, 1.54) is 38.8 Å². The molecule has 1 aromatic rings. The van der Waals surface area contributed by atoms with Crippen molar-refractivity contribution < 1.29 is 0 Å². The molecule has 1 fully saturated rings. The molecule has 16 heavy (non-hydrogen) atoms. The summed E-state index contributed by atoms with van der Waals surface area (Å²) in [5.74, 6) is 0.805. The second-order valence-electron chi connectivity index (χ2n) is 5.03. The maximum absolute atomic E-state index is 2.44.